The Labute approximate surface area is 92.3 Å². The van der Waals surface area contributed by atoms with E-state index in [9.17, 15) is 0 Å². The largest absolute Gasteiger partial charge is 0.362 e. The average molecular weight is 206 g/mol. The Balaban J connectivity index is 2.32. The molecule has 2 rings (SSSR count). The maximum atomic E-state index is 5.65. The van der Waals surface area contributed by atoms with Crippen LogP contribution in [0.5, 0.6) is 0 Å². The molecular weight excluding hydrogens is 184 g/mol. The summed E-state index contributed by atoms with van der Waals surface area (Å²) in [5.74, 6) is 0.619. The third-order valence-electron chi connectivity index (χ3n) is 3.63. The Kier molecular flexibility index (Phi) is 3.15. The van der Waals surface area contributed by atoms with Gasteiger partial charge in [-0.1, -0.05) is 6.92 Å². The van der Waals surface area contributed by atoms with Gasteiger partial charge in [-0.3, -0.25) is 0 Å². The molecule has 1 aromatic rings. The second-order valence-electron chi connectivity index (χ2n) is 4.81. The van der Waals surface area contributed by atoms with Crippen LogP contribution in [0.1, 0.15) is 54.6 Å². The monoisotopic (exact) mass is 206 g/mol. The van der Waals surface area contributed by atoms with E-state index in [1.807, 2.05) is 0 Å². The number of aromatic amines is 1. The molecular formula is C13H22N2. The van der Waals surface area contributed by atoms with E-state index < -0.39 is 0 Å². The molecule has 0 aliphatic heterocycles. The van der Waals surface area contributed by atoms with E-state index in [-0.39, 0.29) is 0 Å². The highest BCUT2D eigenvalue weighted by atomic mass is 14.7. The molecule has 15 heavy (non-hydrogen) atoms. The predicted molar refractivity (Wildman–Crippen MR) is 64.3 cm³/mol. The molecule has 0 spiro atoms. The Morgan fingerprint density at radius 2 is 2.07 bits per heavy atom. The first-order valence-corrected chi connectivity index (χ1v) is 6.14. The fourth-order valence-corrected chi connectivity index (χ4v) is 2.92. The van der Waals surface area contributed by atoms with Gasteiger partial charge in [0.1, 0.15) is 0 Å². The van der Waals surface area contributed by atoms with Gasteiger partial charge < -0.3 is 10.7 Å². The minimum Gasteiger partial charge on any atom is -0.362 e. The van der Waals surface area contributed by atoms with Crippen molar-refractivity contribution in [2.75, 3.05) is 6.54 Å². The normalized spacial score (nSPS) is 17.5. The van der Waals surface area contributed by atoms with Gasteiger partial charge in [-0.2, -0.15) is 0 Å². The highest BCUT2D eigenvalue weighted by Gasteiger charge is 2.21. The molecule has 0 saturated heterocycles. The van der Waals surface area contributed by atoms with Crippen molar-refractivity contribution in [3.8, 4) is 0 Å². The number of fused-ring (bicyclic) bond motifs is 1. The molecule has 0 radical (unpaired) electrons. The van der Waals surface area contributed by atoms with Gasteiger partial charge >= 0.3 is 0 Å². The van der Waals surface area contributed by atoms with Crippen LogP contribution in [0, 0.1) is 6.92 Å². The first kappa shape index (κ1) is 10.7. The minimum atomic E-state index is 0.619. The van der Waals surface area contributed by atoms with Crippen molar-refractivity contribution in [1.82, 2.24) is 4.98 Å². The lowest BCUT2D eigenvalue weighted by Gasteiger charge is -2.16. The van der Waals surface area contributed by atoms with Gasteiger partial charge in [0.05, 0.1) is 0 Å². The first-order chi connectivity index (χ1) is 7.24. The number of rotatable bonds is 3. The summed E-state index contributed by atoms with van der Waals surface area (Å²) in [6.07, 6.45) is 6.31. The van der Waals surface area contributed by atoms with Crippen LogP contribution < -0.4 is 5.73 Å². The van der Waals surface area contributed by atoms with Gasteiger partial charge in [-0.05, 0) is 62.6 Å². The first-order valence-electron chi connectivity index (χ1n) is 6.14. The molecule has 0 amide bonds. The van der Waals surface area contributed by atoms with Gasteiger partial charge in [0.2, 0.25) is 0 Å². The summed E-state index contributed by atoms with van der Waals surface area (Å²) < 4.78 is 0. The van der Waals surface area contributed by atoms with Crippen LogP contribution in [-0.2, 0) is 12.8 Å². The van der Waals surface area contributed by atoms with Crippen LogP contribution in [0.25, 0.3) is 0 Å². The van der Waals surface area contributed by atoms with Gasteiger partial charge in [-0.15, -0.1) is 0 Å². The number of nitrogens with two attached hydrogens (primary N) is 1. The van der Waals surface area contributed by atoms with Crippen LogP contribution in [0.3, 0.4) is 0 Å². The van der Waals surface area contributed by atoms with Crippen molar-refractivity contribution in [3.63, 3.8) is 0 Å². The summed E-state index contributed by atoms with van der Waals surface area (Å²) in [6, 6.07) is 0. The van der Waals surface area contributed by atoms with E-state index in [2.05, 4.69) is 18.8 Å². The van der Waals surface area contributed by atoms with Gasteiger partial charge in [0.15, 0.2) is 0 Å². The molecule has 1 atom stereocenters. The van der Waals surface area contributed by atoms with E-state index in [1.165, 1.54) is 37.1 Å². The molecule has 1 aliphatic carbocycles. The van der Waals surface area contributed by atoms with Gasteiger partial charge in [0, 0.05) is 11.4 Å². The van der Waals surface area contributed by atoms with Crippen molar-refractivity contribution in [2.24, 2.45) is 5.73 Å². The maximum absolute atomic E-state index is 5.65. The molecule has 1 aliphatic rings. The zero-order valence-corrected chi connectivity index (χ0v) is 9.90. The summed E-state index contributed by atoms with van der Waals surface area (Å²) in [5.41, 5.74) is 11.7. The van der Waals surface area contributed by atoms with Crippen molar-refractivity contribution in [3.05, 3.63) is 22.5 Å². The van der Waals surface area contributed by atoms with E-state index in [1.54, 1.807) is 11.1 Å². The molecule has 2 heteroatoms. The summed E-state index contributed by atoms with van der Waals surface area (Å²) in [5, 5.41) is 0. The van der Waals surface area contributed by atoms with Gasteiger partial charge in [-0.25, -0.2) is 0 Å². The lowest BCUT2D eigenvalue weighted by molar-refractivity contribution is 0.647. The molecule has 3 N–H and O–H groups in total. The molecule has 0 aromatic carbocycles. The Morgan fingerprint density at radius 3 is 2.80 bits per heavy atom. The van der Waals surface area contributed by atoms with Crippen LogP contribution in [0.2, 0.25) is 0 Å². The van der Waals surface area contributed by atoms with Crippen LogP contribution in [0.15, 0.2) is 0 Å². The number of nitrogens with one attached hydrogen (secondary N) is 1. The van der Waals surface area contributed by atoms with Gasteiger partial charge in [0.25, 0.3) is 0 Å². The summed E-state index contributed by atoms with van der Waals surface area (Å²) in [4.78, 5) is 3.56. The minimum absolute atomic E-state index is 0.619. The topological polar surface area (TPSA) is 41.8 Å². The lowest BCUT2D eigenvalue weighted by Crippen LogP contribution is -2.08. The quantitative estimate of drug-likeness (QED) is 0.784. The standard InChI is InChI=1S/C13H22N2/c1-9(7-8-14)13-10(2)15-12-6-4-3-5-11(12)13/h9,15H,3-8,14H2,1-2H3. The fourth-order valence-electron chi connectivity index (χ4n) is 2.92. The summed E-state index contributed by atoms with van der Waals surface area (Å²) in [7, 11) is 0. The maximum Gasteiger partial charge on any atom is 0.0184 e. The predicted octanol–water partition coefficient (Wildman–Crippen LogP) is 2.65. The van der Waals surface area contributed by atoms with Crippen molar-refractivity contribution < 1.29 is 0 Å². The molecule has 1 aromatic heterocycles. The Morgan fingerprint density at radius 1 is 1.33 bits per heavy atom. The smallest absolute Gasteiger partial charge is 0.0184 e. The van der Waals surface area contributed by atoms with Crippen molar-refractivity contribution in [1.29, 1.82) is 0 Å². The molecule has 84 valence electrons. The Hall–Kier alpha value is -0.760. The molecule has 1 heterocycles. The molecule has 0 bridgehead atoms. The van der Waals surface area contributed by atoms with E-state index in [4.69, 9.17) is 5.73 Å². The Bertz CT molecular complexity index is 339. The van der Waals surface area contributed by atoms with Crippen molar-refractivity contribution >= 4 is 0 Å². The highest BCUT2D eigenvalue weighted by Crippen LogP contribution is 2.32. The summed E-state index contributed by atoms with van der Waals surface area (Å²) >= 11 is 0. The van der Waals surface area contributed by atoms with E-state index >= 15 is 0 Å². The van der Waals surface area contributed by atoms with E-state index in [0.29, 0.717) is 5.92 Å². The average Bonchev–Trinajstić information content (AvgIpc) is 2.54. The number of H-pyrrole nitrogens is 1. The number of hydrogen-bond acceptors (Lipinski definition) is 1. The van der Waals surface area contributed by atoms with Crippen molar-refractivity contribution in [2.45, 2.75) is 51.9 Å². The third kappa shape index (κ3) is 1.96. The highest BCUT2D eigenvalue weighted by molar-refractivity contribution is 5.40. The number of hydrogen-bond donors (Lipinski definition) is 2. The van der Waals surface area contributed by atoms with Crippen LogP contribution >= 0.6 is 0 Å². The third-order valence-corrected chi connectivity index (χ3v) is 3.63. The fraction of sp³-hybridized carbons (Fsp3) is 0.692. The molecule has 1 unspecified atom stereocenters. The zero-order chi connectivity index (χ0) is 10.8. The second kappa shape index (κ2) is 4.40. The van der Waals surface area contributed by atoms with Crippen LogP contribution in [-0.4, -0.2) is 11.5 Å². The van der Waals surface area contributed by atoms with Crippen LogP contribution in [0.4, 0.5) is 0 Å². The molecule has 0 saturated carbocycles. The zero-order valence-electron chi connectivity index (χ0n) is 9.90. The lowest BCUT2D eigenvalue weighted by atomic mass is 9.88. The molecule has 0 fully saturated rings. The van der Waals surface area contributed by atoms with E-state index in [0.717, 1.165) is 13.0 Å². The number of aryl methyl sites for hydroxylation is 2. The molecule has 2 nitrogen and oxygen atoms in total. The SMILES string of the molecule is Cc1[nH]c2c(c1C(C)CCN)CCCC2. The second-order valence-corrected chi connectivity index (χ2v) is 4.81. The summed E-state index contributed by atoms with van der Waals surface area (Å²) in [6.45, 7) is 5.30. The number of aromatic nitrogens is 1.